The second kappa shape index (κ2) is 5.59. The van der Waals surface area contributed by atoms with Crippen LogP contribution in [-0.2, 0) is 13.0 Å². The highest BCUT2D eigenvalue weighted by Crippen LogP contribution is 2.32. The van der Waals surface area contributed by atoms with Crippen LogP contribution in [0, 0.1) is 6.92 Å². The zero-order valence-electron chi connectivity index (χ0n) is 11.7. The van der Waals surface area contributed by atoms with Crippen LogP contribution in [0.5, 0.6) is 6.01 Å². The molecule has 2 N–H and O–H groups in total. The number of fused-ring (bicyclic) bond motifs is 1. The topological polar surface area (TPSA) is 61.0 Å². The molecule has 1 aliphatic carbocycles. The van der Waals surface area contributed by atoms with Gasteiger partial charge in [-0.05, 0) is 43.4 Å². The van der Waals surface area contributed by atoms with Crippen molar-refractivity contribution in [1.82, 2.24) is 9.97 Å². The van der Waals surface area contributed by atoms with Crippen molar-refractivity contribution in [3.8, 4) is 6.01 Å². The minimum atomic E-state index is 0.0485. The van der Waals surface area contributed by atoms with Crippen molar-refractivity contribution in [2.24, 2.45) is 5.73 Å². The van der Waals surface area contributed by atoms with Gasteiger partial charge in [-0.2, -0.15) is 4.98 Å². The van der Waals surface area contributed by atoms with E-state index in [1.807, 2.05) is 13.0 Å². The lowest BCUT2D eigenvalue weighted by Gasteiger charge is -2.25. The second-order valence-electron chi connectivity index (χ2n) is 5.18. The van der Waals surface area contributed by atoms with Gasteiger partial charge in [-0.25, -0.2) is 4.98 Å². The van der Waals surface area contributed by atoms with Crippen LogP contribution in [0.25, 0.3) is 0 Å². The standard InChI is InChI=1S/C16H19N3O/c1-11-9-13(10-17)19-16(18-11)20-15-8-4-6-12-5-2-3-7-14(12)15/h2-3,5,7,9,15H,4,6,8,10,17H2,1H3. The SMILES string of the molecule is Cc1cc(CN)nc(OC2CCCc3ccccc32)n1. The van der Waals surface area contributed by atoms with E-state index >= 15 is 0 Å². The van der Waals surface area contributed by atoms with Crippen molar-refractivity contribution in [3.05, 3.63) is 52.8 Å². The maximum atomic E-state index is 6.03. The van der Waals surface area contributed by atoms with E-state index in [1.165, 1.54) is 11.1 Å². The van der Waals surface area contributed by atoms with E-state index in [4.69, 9.17) is 10.5 Å². The van der Waals surface area contributed by atoms with E-state index in [9.17, 15) is 0 Å². The molecule has 0 saturated carbocycles. The highest BCUT2D eigenvalue weighted by molar-refractivity contribution is 5.31. The van der Waals surface area contributed by atoms with Gasteiger partial charge in [0.25, 0.3) is 0 Å². The maximum absolute atomic E-state index is 6.03. The fraction of sp³-hybridized carbons (Fsp3) is 0.375. The fourth-order valence-electron chi connectivity index (χ4n) is 2.72. The molecule has 1 unspecified atom stereocenters. The largest absolute Gasteiger partial charge is 0.455 e. The molecule has 0 aliphatic heterocycles. The molecule has 1 heterocycles. The summed E-state index contributed by atoms with van der Waals surface area (Å²) in [5.74, 6) is 0. The number of hydrogen-bond donors (Lipinski definition) is 1. The summed E-state index contributed by atoms with van der Waals surface area (Å²) >= 11 is 0. The summed E-state index contributed by atoms with van der Waals surface area (Å²) < 4.78 is 6.03. The van der Waals surface area contributed by atoms with Crippen LogP contribution >= 0.6 is 0 Å². The monoisotopic (exact) mass is 269 g/mol. The summed E-state index contributed by atoms with van der Waals surface area (Å²) in [7, 11) is 0. The van der Waals surface area contributed by atoms with Crippen LogP contribution in [0.1, 0.15) is 41.5 Å². The molecule has 0 bridgehead atoms. The Morgan fingerprint density at radius 3 is 3.00 bits per heavy atom. The van der Waals surface area contributed by atoms with Crippen molar-refractivity contribution < 1.29 is 4.74 Å². The molecule has 4 heteroatoms. The number of aromatic nitrogens is 2. The van der Waals surface area contributed by atoms with Crippen molar-refractivity contribution >= 4 is 0 Å². The van der Waals surface area contributed by atoms with E-state index in [-0.39, 0.29) is 6.10 Å². The van der Waals surface area contributed by atoms with Gasteiger partial charge in [-0.3, -0.25) is 0 Å². The van der Waals surface area contributed by atoms with E-state index in [1.54, 1.807) is 0 Å². The van der Waals surface area contributed by atoms with E-state index < -0.39 is 0 Å². The van der Waals surface area contributed by atoms with Crippen LogP contribution in [0.15, 0.2) is 30.3 Å². The molecule has 104 valence electrons. The molecule has 0 fully saturated rings. The number of rotatable bonds is 3. The summed E-state index contributed by atoms with van der Waals surface area (Å²) in [6.07, 6.45) is 3.31. The van der Waals surface area contributed by atoms with Crippen molar-refractivity contribution in [3.63, 3.8) is 0 Å². The lowest BCUT2D eigenvalue weighted by atomic mass is 9.89. The van der Waals surface area contributed by atoms with Gasteiger partial charge in [-0.15, -0.1) is 0 Å². The van der Waals surface area contributed by atoms with Crippen LogP contribution in [0.3, 0.4) is 0 Å². The van der Waals surface area contributed by atoms with E-state index in [0.717, 1.165) is 30.7 Å². The number of benzene rings is 1. The smallest absolute Gasteiger partial charge is 0.317 e. The molecule has 20 heavy (non-hydrogen) atoms. The molecule has 0 amide bonds. The Bertz CT molecular complexity index is 612. The molecule has 0 spiro atoms. The molecule has 1 aromatic heterocycles. The first-order chi connectivity index (χ1) is 9.76. The third-order valence-electron chi connectivity index (χ3n) is 3.66. The average molecular weight is 269 g/mol. The van der Waals surface area contributed by atoms with Gasteiger partial charge < -0.3 is 10.5 Å². The third-order valence-corrected chi connectivity index (χ3v) is 3.66. The minimum Gasteiger partial charge on any atom is -0.455 e. The van der Waals surface area contributed by atoms with Crippen LogP contribution in [-0.4, -0.2) is 9.97 Å². The number of hydrogen-bond acceptors (Lipinski definition) is 4. The fourth-order valence-corrected chi connectivity index (χ4v) is 2.72. The van der Waals surface area contributed by atoms with Gasteiger partial charge in [0.05, 0.1) is 5.69 Å². The minimum absolute atomic E-state index is 0.0485. The highest BCUT2D eigenvalue weighted by atomic mass is 16.5. The maximum Gasteiger partial charge on any atom is 0.317 e. The van der Waals surface area contributed by atoms with Crippen molar-refractivity contribution in [2.45, 2.75) is 38.8 Å². The third kappa shape index (κ3) is 2.65. The number of aryl methyl sites for hydroxylation is 2. The lowest BCUT2D eigenvalue weighted by Crippen LogP contribution is -2.17. The van der Waals surface area contributed by atoms with Crippen molar-refractivity contribution in [2.75, 3.05) is 0 Å². The van der Waals surface area contributed by atoms with Crippen LogP contribution in [0.2, 0.25) is 0 Å². The normalized spacial score (nSPS) is 17.6. The number of ether oxygens (including phenoxy) is 1. The van der Waals surface area contributed by atoms with Gasteiger partial charge in [0.2, 0.25) is 0 Å². The van der Waals surface area contributed by atoms with Gasteiger partial charge in [0, 0.05) is 12.2 Å². The first-order valence-electron chi connectivity index (χ1n) is 7.05. The molecule has 3 rings (SSSR count). The predicted molar refractivity (Wildman–Crippen MR) is 77.4 cm³/mol. The molecule has 4 nitrogen and oxygen atoms in total. The number of nitrogens with two attached hydrogens (primary N) is 1. The van der Waals surface area contributed by atoms with Crippen molar-refractivity contribution in [1.29, 1.82) is 0 Å². The molecule has 0 saturated heterocycles. The Morgan fingerprint density at radius 1 is 1.30 bits per heavy atom. The van der Waals surface area contributed by atoms with Gasteiger partial charge in [-0.1, -0.05) is 24.3 Å². The summed E-state index contributed by atoms with van der Waals surface area (Å²) in [5, 5.41) is 0. The Balaban J connectivity index is 1.87. The Hall–Kier alpha value is -1.94. The highest BCUT2D eigenvalue weighted by Gasteiger charge is 2.22. The summed E-state index contributed by atoms with van der Waals surface area (Å²) in [6, 6.07) is 10.8. The van der Waals surface area contributed by atoms with E-state index in [0.29, 0.717) is 12.6 Å². The van der Waals surface area contributed by atoms with E-state index in [2.05, 4.69) is 34.2 Å². The molecule has 0 radical (unpaired) electrons. The quantitative estimate of drug-likeness (QED) is 0.930. The summed E-state index contributed by atoms with van der Waals surface area (Å²) in [5.41, 5.74) is 9.99. The Morgan fingerprint density at radius 2 is 2.15 bits per heavy atom. The first-order valence-corrected chi connectivity index (χ1v) is 7.05. The second-order valence-corrected chi connectivity index (χ2v) is 5.18. The zero-order chi connectivity index (χ0) is 13.9. The average Bonchev–Trinajstić information content (AvgIpc) is 2.47. The van der Waals surface area contributed by atoms with Crippen LogP contribution < -0.4 is 10.5 Å². The van der Waals surface area contributed by atoms with Gasteiger partial charge in [0.15, 0.2) is 0 Å². The molecular weight excluding hydrogens is 250 g/mol. The zero-order valence-corrected chi connectivity index (χ0v) is 11.7. The molecule has 1 atom stereocenters. The van der Waals surface area contributed by atoms with Gasteiger partial charge in [0.1, 0.15) is 6.10 Å². The lowest BCUT2D eigenvalue weighted by molar-refractivity contribution is 0.166. The first kappa shape index (κ1) is 13.1. The molecular formula is C16H19N3O. The predicted octanol–water partition coefficient (Wildman–Crippen LogP) is 2.70. The number of nitrogens with zero attached hydrogens (tertiary/aromatic N) is 2. The van der Waals surface area contributed by atoms with Gasteiger partial charge >= 0.3 is 6.01 Å². The molecule has 1 aliphatic rings. The molecule has 2 aromatic rings. The summed E-state index contributed by atoms with van der Waals surface area (Å²) in [6.45, 7) is 2.34. The summed E-state index contributed by atoms with van der Waals surface area (Å²) in [4.78, 5) is 8.72. The Labute approximate surface area is 119 Å². The molecule has 1 aromatic carbocycles. The van der Waals surface area contributed by atoms with Crippen LogP contribution in [0.4, 0.5) is 0 Å². The Kier molecular flexibility index (Phi) is 3.65.